The second-order valence-electron chi connectivity index (χ2n) is 9.01. The summed E-state index contributed by atoms with van der Waals surface area (Å²) in [4.78, 5) is 30.2. The predicted octanol–water partition coefficient (Wildman–Crippen LogP) is 4.60. The topological polar surface area (TPSA) is 105 Å². The Morgan fingerprint density at radius 2 is 1.89 bits per heavy atom. The molecule has 1 amide bonds. The Labute approximate surface area is 217 Å². The fourth-order valence-corrected chi connectivity index (χ4v) is 4.13. The van der Waals surface area contributed by atoms with E-state index in [1.54, 1.807) is 25.6 Å². The zero-order valence-corrected chi connectivity index (χ0v) is 21.5. The van der Waals surface area contributed by atoms with Crippen molar-refractivity contribution in [2.24, 2.45) is 5.92 Å². The van der Waals surface area contributed by atoms with Crippen LogP contribution in [0.15, 0.2) is 61.2 Å². The molecule has 1 saturated carbocycles. The molecule has 1 aliphatic rings. The van der Waals surface area contributed by atoms with Crippen molar-refractivity contribution in [3.63, 3.8) is 0 Å². The van der Waals surface area contributed by atoms with Gasteiger partial charge in [-0.05, 0) is 42.5 Å². The fourth-order valence-electron chi connectivity index (χ4n) is 4.13. The van der Waals surface area contributed by atoms with Crippen molar-refractivity contribution in [3.05, 3.63) is 72.3 Å². The molecule has 3 N–H and O–H groups in total. The van der Waals surface area contributed by atoms with E-state index in [1.165, 1.54) is 12.8 Å². The first-order valence-corrected chi connectivity index (χ1v) is 12.0. The Morgan fingerprint density at radius 1 is 1.03 bits per heavy atom. The van der Waals surface area contributed by atoms with Gasteiger partial charge in [0.15, 0.2) is 0 Å². The Morgan fingerprint density at radius 3 is 2.64 bits per heavy atom. The van der Waals surface area contributed by atoms with Crippen molar-refractivity contribution in [1.82, 2.24) is 25.3 Å². The molecule has 0 bridgehead atoms. The summed E-state index contributed by atoms with van der Waals surface area (Å²) in [6.07, 6.45) is 7.73. The van der Waals surface area contributed by atoms with Crippen LogP contribution in [0.5, 0.6) is 0 Å². The zero-order chi connectivity index (χ0) is 24.2. The number of anilines is 2. The lowest BCUT2D eigenvalue weighted by Crippen LogP contribution is -2.18. The van der Waals surface area contributed by atoms with Gasteiger partial charge in [-0.1, -0.05) is 25.1 Å². The van der Waals surface area contributed by atoms with E-state index >= 15 is 0 Å². The number of hydrogen-bond acceptors (Lipinski definition) is 7. The molecule has 0 saturated heterocycles. The molecule has 3 aromatic heterocycles. The molecule has 1 fully saturated rings. The van der Waals surface area contributed by atoms with Gasteiger partial charge in [0, 0.05) is 55.5 Å². The van der Waals surface area contributed by atoms with Gasteiger partial charge in [0.25, 0.3) is 5.91 Å². The number of pyridine rings is 2. The number of aromatic nitrogens is 4. The smallest absolute Gasteiger partial charge is 0.251 e. The van der Waals surface area contributed by atoms with Crippen molar-refractivity contribution >= 4 is 41.9 Å². The first-order valence-electron chi connectivity index (χ1n) is 12.0. The van der Waals surface area contributed by atoms with Crippen LogP contribution in [0.2, 0.25) is 0 Å². The van der Waals surface area contributed by atoms with Crippen LogP contribution in [0.3, 0.4) is 0 Å². The van der Waals surface area contributed by atoms with Gasteiger partial charge in [-0.2, -0.15) is 13.5 Å². The SMILES string of the molecule is CNC(=O)c1ccnc2c([C@H](C)CNc3cc(-c4ccc(NCC5CC5)nc4)ncn3)cccc12.S. The van der Waals surface area contributed by atoms with Gasteiger partial charge in [-0.15, -0.1) is 0 Å². The minimum absolute atomic E-state index is 0. The third-order valence-corrected chi connectivity index (χ3v) is 6.39. The molecular formula is C27H31N7OS. The summed E-state index contributed by atoms with van der Waals surface area (Å²) in [5.41, 5.74) is 4.31. The molecular weight excluding hydrogens is 470 g/mol. The zero-order valence-electron chi connectivity index (χ0n) is 20.5. The number of nitrogens with zero attached hydrogens (tertiary/aromatic N) is 4. The first kappa shape index (κ1) is 25.4. The molecule has 1 aromatic carbocycles. The maximum Gasteiger partial charge on any atom is 0.251 e. The number of benzene rings is 1. The molecule has 0 aliphatic heterocycles. The highest BCUT2D eigenvalue weighted by molar-refractivity contribution is 7.59. The molecule has 0 unspecified atom stereocenters. The number of para-hydroxylation sites is 1. The van der Waals surface area contributed by atoms with Crippen molar-refractivity contribution < 1.29 is 4.79 Å². The highest BCUT2D eigenvalue weighted by Crippen LogP contribution is 2.29. The van der Waals surface area contributed by atoms with Crippen LogP contribution in [-0.2, 0) is 0 Å². The Bertz CT molecular complexity index is 1340. The highest BCUT2D eigenvalue weighted by Gasteiger charge is 2.20. The van der Waals surface area contributed by atoms with Gasteiger partial charge in [-0.25, -0.2) is 15.0 Å². The van der Waals surface area contributed by atoms with E-state index in [2.05, 4.69) is 48.9 Å². The summed E-state index contributed by atoms with van der Waals surface area (Å²) < 4.78 is 0. The minimum atomic E-state index is -0.116. The van der Waals surface area contributed by atoms with Gasteiger partial charge in [0.2, 0.25) is 0 Å². The van der Waals surface area contributed by atoms with Gasteiger partial charge in [0.1, 0.15) is 18.0 Å². The van der Waals surface area contributed by atoms with Crippen LogP contribution in [-0.4, -0.2) is 46.0 Å². The molecule has 36 heavy (non-hydrogen) atoms. The largest absolute Gasteiger partial charge is 0.370 e. The van der Waals surface area contributed by atoms with Gasteiger partial charge in [-0.3, -0.25) is 9.78 Å². The summed E-state index contributed by atoms with van der Waals surface area (Å²) in [5, 5.41) is 10.4. The van der Waals surface area contributed by atoms with E-state index in [9.17, 15) is 4.79 Å². The standard InChI is InChI=1S/C27H29N7O.H2S/c1-17(20-4-3-5-21-22(27(35)28-2)10-11-29-26(20)21)13-30-25-12-23(33-16-34-25)19-8-9-24(32-15-19)31-14-18-6-7-18;/h3-5,8-12,15-18H,6-7,13-14H2,1-2H3,(H,28,35)(H,31,32)(H,30,33,34);1H2/t17-;/m1./s1. The third kappa shape index (κ3) is 5.73. The molecule has 5 rings (SSSR count). The van der Waals surface area contributed by atoms with E-state index < -0.39 is 0 Å². The van der Waals surface area contributed by atoms with E-state index in [-0.39, 0.29) is 25.3 Å². The average molecular weight is 502 g/mol. The maximum atomic E-state index is 12.3. The Kier molecular flexibility index (Phi) is 8.00. The summed E-state index contributed by atoms with van der Waals surface area (Å²) in [6.45, 7) is 3.78. The molecule has 1 aliphatic carbocycles. The minimum Gasteiger partial charge on any atom is -0.370 e. The van der Waals surface area contributed by atoms with Crippen LogP contribution in [0.25, 0.3) is 22.2 Å². The van der Waals surface area contributed by atoms with Crippen LogP contribution in [0.4, 0.5) is 11.6 Å². The molecule has 1 atom stereocenters. The molecule has 0 radical (unpaired) electrons. The van der Waals surface area contributed by atoms with Gasteiger partial charge in [0.05, 0.1) is 16.8 Å². The summed E-state index contributed by atoms with van der Waals surface area (Å²) in [7, 11) is 1.64. The first-order chi connectivity index (χ1) is 17.1. The van der Waals surface area contributed by atoms with Gasteiger partial charge >= 0.3 is 0 Å². The summed E-state index contributed by atoms with van der Waals surface area (Å²) in [5.74, 6) is 2.47. The lowest BCUT2D eigenvalue weighted by molar-refractivity contribution is 0.0964. The number of nitrogens with one attached hydrogen (secondary N) is 3. The summed E-state index contributed by atoms with van der Waals surface area (Å²) in [6, 6.07) is 13.7. The molecule has 186 valence electrons. The average Bonchev–Trinajstić information content (AvgIpc) is 3.74. The quantitative estimate of drug-likeness (QED) is 0.308. The van der Waals surface area contributed by atoms with Crippen molar-refractivity contribution in [2.45, 2.75) is 25.7 Å². The van der Waals surface area contributed by atoms with Crippen LogP contribution in [0, 0.1) is 5.92 Å². The van der Waals surface area contributed by atoms with E-state index in [0.29, 0.717) is 12.1 Å². The molecule has 0 spiro atoms. The lowest BCUT2D eigenvalue weighted by atomic mass is 9.96. The molecule has 8 nitrogen and oxygen atoms in total. The van der Waals surface area contributed by atoms with Crippen molar-refractivity contribution in [3.8, 4) is 11.3 Å². The fraction of sp³-hybridized carbons (Fsp3) is 0.296. The maximum absolute atomic E-state index is 12.3. The third-order valence-electron chi connectivity index (χ3n) is 6.39. The van der Waals surface area contributed by atoms with Crippen molar-refractivity contribution in [1.29, 1.82) is 0 Å². The molecule has 9 heteroatoms. The number of rotatable bonds is 9. The second-order valence-corrected chi connectivity index (χ2v) is 9.01. The van der Waals surface area contributed by atoms with Crippen molar-refractivity contribution in [2.75, 3.05) is 30.8 Å². The van der Waals surface area contributed by atoms with Crippen LogP contribution in [0.1, 0.15) is 41.6 Å². The monoisotopic (exact) mass is 501 g/mol. The molecule has 3 heterocycles. The second kappa shape index (κ2) is 11.3. The van der Waals surface area contributed by atoms with E-state index in [0.717, 1.165) is 51.8 Å². The van der Waals surface area contributed by atoms with Crippen LogP contribution >= 0.6 is 13.5 Å². The van der Waals surface area contributed by atoms with E-state index in [4.69, 9.17) is 0 Å². The van der Waals surface area contributed by atoms with Gasteiger partial charge < -0.3 is 16.0 Å². The lowest BCUT2D eigenvalue weighted by Gasteiger charge is -2.16. The number of hydrogen-bond donors (Lipinski definition) is 3. The Balaban J connectivity index is 0.00000304. The van der Waals surface area contributed by atoms with Crippen LogP contribution < -0.4 is 16.0 Å². The normalized spacial score (nSPS) is 13.5. The number of amides is 1. The number of carbonyl (C=O) groups excluding carboxylic acids is 1. The Hall–Kier alpha value is -3.72. The number of carbonyl (C=O) groups is 1. The summed E-state index contributed by atoms with van der Waals surface area (Å²) >= 11 is 0. The highest BCUT2D eigenvalue weighted by atomic mass is 32.1. The molecule has 4 aromatic rings. The number of fused-ring (bicyclic) bond motifs is 1. The van der Waals surface area contributed by atoms with E-state index in [1.807, 2.05) is 36.5 Å². The predicted molar refractivity (Wildman–Crippen MR) is 149 cm³/mol.